The first-order chi connectivity index (χ1) is 5.52. The van der Waals surface area contributed by atoms with Crippen molar-refractivity contribution in [1.82, 2.24) is 4.90 Å². The Hall–Kier alpha value is -0.570. The normalized spacial score (nSPS) is 27.8. The van der Waals surface area contributed by atoms with E-state index in [1.54, 1.807) is 0 Å². The zero-order valence-electron chi connectivity index (χ0n) is 8.20. The first-order valence-electron chi connectivity index (χ1n) is 4.48. The molecular formula is C9H17NO2. The highest BCUT2D eigenvalue weighted by molar-refractivity contribution is 5.79. The predicted molar refractivity (Wildman–Crippen MR) is 46.9 cm³/mol. The van der Waals surface area contributed by atoms with E-state index >= 15 is 0 Å². The molecule has 1 aliphatic heterocycles. The minimum atomic E-state index is -0.0706. The average molecular weight is 171 g/mol. The number of nitrogens with zero attached hydrogens (tertiary/aromatic N) is 1. The van der Waals surface area contributed by atoms with Gasteiger partial charge in [-0.3, -0.25) is 9.69 Å². The smallest absolute Gasteiger partial charge is 0.324 e. The predicted octanol–water partition coefficient (Wildman–Crippen LogP) is 1.03. The molecule has 1 aliphatic rings. The van der Waals surface area contributed by atoms with Crippen molar-refractivity contribution in [3.63, 3.8) is 0 Å². The number of rotatable bonds is 3. The number of ether oxygens (including phenoxy) is 1. The molecule has 0 saturated carbocycles. The van der Waals surface area contributed by atoms with Gasteiger partial charge in [0, 0.05) is 12.6 Å². The fraction of sp³-hybridized carbons (Fsp3) is 0.889. The Morgan fingerprint density at radius 1 is 1.42 bits per heavy atom. The summed E-state index contributed by atoms with van der Waals surface area (Å²) >= 11 is 0. The summed E-state index contributed by atoms with van der Waals surface area (Å²) in [7, 11) is 0. The van der Waals surface area contributed by atoms with Gasteiger partial charge in [-0.25, -0.2) is 0 Å². The molecule has 1 fully saturated rings. The topological polar surface area (TPSA) is 29.3 Å². The molecule has 70 valence electrons. The van der Waals surface area contributed by atoms with Crippen molar-refractivity contribution in [2.75, 3.05) is 6.54 Å². The van der Waals surface area contributed by atoms with Crippen LogP contribution in [0, 0.1) is 0 Å². The Bertz CT molecular complexity index is 177. The van der Waals surface area contributed by atoms with Crippen LogP contribution in [0.5, 0.6) is 0 Å². The van der Waals surface area contributed by atoms with Gasteiger partial charge in [0.2, 0.25) is 0 Å². The first kappa shape index (κ1) is 9.52. The van der Waals surface area contributed by atoms with E-state index in [1.165, 1.54) is 0 Å². The molecule has 0 aromatic carbocycles. The van der Waals surface area contributed by atoms with Gasteiger partial charge in [0.15, 0.2) is 0 Å². The summed E-state index contributed by atoms with van der Waals surface area (Å²) in [6, 6.07) is 0.488. The fourth-order valence-electron chi connectivity index (χ4n) is 1.24. The minimum absolute atomic E-state index is 0.00659. The van der Waals surface area contributed by atoms with Crippen molar-refractivity contribution in [2.24, 2.45) is 0 Å². The highest BCUT2D eigenvalue weighted by Crippen LogP contribution is 2.22. The van der Waals surface area contributed by atoms with Gasteiger partial charge in [0.05, 0.1) is 6.10 Å². The van der Waals surface area contributed by atoms with E-state index < -0.39 is 0 Å². The molecule has 0 aliphatic carbocycles. The molecule has 3 nitrogen and oxygen atoms in total. The summed E-state index contributed by atoms with van der Waals surface area (Å²) in [5, 5.41) is 0. The van der Waals surface area contributed by atoms with Crippen molar-refractivity contribution in [2.45, 2.75) is 45.9 Å². The maximum absolute atomic E-state index is 11.3. The standard InChI is InChI=1S/C9H17NO2/c1-6(2)10-5-8(10)9(11)12-7(3)4/h6-8H,5H2,1-4H3/t8-,10?/m1/s1. The first-order valence-corrected chi connectivity index (χ1v) is 4.48. The quantitative estimate of drug-likeness (QED) is 0.469. The molecule has 0 spiro atoms. The van der Waals surface area contributed by atoms with E-state index in [1.807, 2.05) is 13.8 Å². The lowest BCUT2D eigenvalue weighted by atomic mass is 10.4. The van der Waals surface area contributed by atoms with Gasteiger partial charge in [0.25, 0.3) is 0 Å². The Balaban J connectivity index is 2.29. The van der Waals surface area contributed by atoms with Crippen LogP contribution in [-0.2, 0) is 9.53 Å². The molecule has 3 heteroatoms. The molecule has 1 rings (SSSR count). The van der Waals surface area contributed by atoms with Crippen molar-refractivity contribution < 1.29 is 9.53 Å². The van der Waals surface area contributed by atoms with Crippen molar-refractivity contribution in [3.05, 3.63) is 0 Å². The molecule has 0 radical (unpaired) electrons. The van der Waals surface area contributed by atoms with E-state index in [9.17, 15) is 4.79 Å². The Morgan fingerprint density at radius 3 is 2.33 bits per heavy atom. The maximum Gasteiger partial charge on any atom is 0.324 e. The molecule has 12 heavy (non-hydrogen) atoms. The molecule has 0 N–H and O–H groups in total. The Kier molecular flexibility index (Phi) is 2.73. The highest BCUT2D eigenvalue weighted by atomic mass is 16.5. The van der Waals surface area contributed by atoms with Gasteiger partial charge in [0.1, 0.15) is 6.04 Å². The second-order valence-electron chi connectivity index (χ2n) is 3.79. The van der Waals surface area contributed by atoms with E-state index in [4.69, 9.17) is 4.74 Å². The molecule has 1 saturated heterocycles. The van der Waals surface area contributed by atoms with Gasteiger partial charge in [-0.05, 0) is 27.7 Å². The van der Waals surface area contributed by atoms with Crippen LogP contribution in [0.2, 0.25) is 0 Å². The van der Waals surface area contributed by atoms with E-state index in [-0.39, 0.29) is 18.1 Å². The molecule has 2 atom stereocenters. The third-order valence-electron chi connectivity index (χ3n) is 1.94. The van der Waals surface area contributed by atoms with Crippen LogP contribution < -0.4 is 0 Å². The highest BCUT2D eigenvalue weighted by Gasteiger charge is 2.43. The molecule has 1 heterocycles. The number of hydrogen-bond acceptors (Lipinski definition) is 3. The van der Waals surface area contributed by atoms with Gasteiger partial charge in [-0.2, -0.15) is 0 Å². The lowest BCUT2D eigenvalue weighted by Crippen LogP contribution is -2.22. The molecular weight excluding hydrogens is 154 g/mol. The van der Waals surface area contributed by atoms with Gasteiger partial charge in [-0.15, -0.1) is 0 Å². The van der Waals surface area contributed by atoms with E-state index in [0.717, 1.165) is 6.54 Å². The summed E-state index contributed by atoms with van der Waals surface area (Å²) < 4.78 is 5.07. The third-order valence-corrected chi connectivity index (χ3v) is 1.94. The van der Waals surface area contributed by atoms with Crippen LogP contribution in [0.15, 0.2) is 0 Å². The summed E-state index contributed by atoms with van der Waals surface area (Å²) in [4.78, 5) is 13.4. The van der Waals surface area contributed by atoms with Crippen LogP contribution in [-0.4, -0.2) is 35.6 Å². The number of carbonyl (C=O) groups is 1. The third kappa shape index (κ3) is 2.21. The number of esters is 1. The summed E-state index contributed by atoms with van der Waals surface area (Å²) in [5.74, 6) is -0.0706. The number of hydrogen-bond donors (Lipinski definition) is 0. The largest absolute Gasteiger partial charge is 0.462 e. The van der Waals surface area contributed by atoms with Crippen molar-refractivity contribution in [3.8, 4) is 0 Å². The SMILES string of the molecule is CC(C)OC(=O)[C@H]1CN1C(C)C. The Labute approximate surface area is 73.7 Å². The Morgan fingerprint density at radius 2 is 2.00 bits per heavy atom. The lowest BCUT2D eigenvalue weighted by molar-refractivity contribution is -0.147. The zero-order chi connectivity index (χ0) is 9.30. The van der Waals surface area contributed by atoms with Crippen LogP contribution in [0.4, 0.5) is 0 Å². The molecule has 1 unspecified atom stereocenters. The van der Waals surface area contributed by atoms with Gasteiger partial charge < -0.3 is 4.74 Å². The molecule has 0 bridgehead atoms. The summed E-state index contributed by atoms with van der Waals surface area (Å²) in [6.45, 7) is 8.79. The molecule has 0 amide bonds. The van der Waals surface area contributed by atoms with Crippen LogP contribution in [0.25, 0.3) is 0 Å². The second kappa shape index (κ2) is 3.44. The van der Waals surface area contributed by atoms with Crippen LogP contribution >= 0.6 is 0 Å². The van der Waals surface area contributed by atoms with Crippen molar-refractivity contribution >= 4 is 5.97 Å². The van der Waals surface area contributed by atoms with Crippen molar-refractivity contribution in [1.29, 1.82) is 0 Å². The second-order valence-corrected chi connectivity index (χ2v) is 3.79. The van der Waals surface area contributed by atoms with E-state index in [0.29, 0.717) is 6.04 Å². The minimum Gasteiger partial charge on any atom is -0.462 e. The van der Waals surface area contributed by atoms with Crippen LogP contribution in [0.1, 0.15) is 27.7 Å². The average Bonchev–Trinajstić information content (AvgIpc) is 2.61. The fourth-order valence-corrected chi connectivity index (χ4v) is 1.24. The monoisotopic (exact) mass is 171 g/mol. The maximum atomic E-state index is 11.3. The van der Waals surface area contributed by atoms with Crippen LogP contribution in [0.3, 0.4) is 0 Å². The number of carbonyl (C=O) groups excluding carboxylic acids is 1. The van der Waals surface area contributed by atoms with Gasteiger partial charge >= 0.3 is 5.97 Å². The molecule has 0 aromatic heterocycles. The summed E-state index contributed by atoms with van der Waals surface area (Å²) in [5.41, 5.74) is 0. The lowest BCUT2D eigenvalue weighted by Gasteiger charge is -2.09. The van der Waals surface area contributed by atoms with E-state index in [2.05, 4.69) is 18.7 Å². The van der Waals surface area contributed by atoms with Gasteiger partial charge in [-0.1, -0.05) is 0 Å². The molecule has 0 aromatic rings. The zero-order valence-corrected chi connectivity index (χ0v) is 8.20. The summed E-state index contributed by atoms with van der Waals surface area (Å²) in [6.07, 6.45) is 0.00659.